The molecule has 0 bridgehead atoms. The van der Waals surface area contributed by atoms with E-state index in [4.69, 9.17) is 11.6 Å². The van der Waals surface area contributed by atoms with Crippen LogP contribution in [0.25, 0.3) is 0 Å². The number of nitrogens with zero attached hydrogens (tertiary/aromatic N) is 1. The number of halogens is 2. The van der Waals surface area contributed by atoms with Crippen LogP contribution in [0.4, 0.5) is 0 Å². The predicted molar refractivity (Wildman–Crippen MR) is 88.2 cm³/mol. The molecule has 0 saturated carbocycles. The Morgan fingerprint density at radius 2 is 1.95 bits per heavy atom. The van der Waals surface area contributed by atoms with Gasteiger partial charge in [0.1, 0.15) is 0 Å². The fourth-order valence-corrected chi connectivity index (χ4v) is 3.60. The van der Waals surface area contributed by atoms with E-state index in [0.717, 1.165) is 29.1 Å². The van der Waals surface area contributed by atoms with Crippen molar-refractivity contribution in [2.45, 2.75) is 18.9 Å². The Morgan fingerprint density at radius 3 is 2.70 bits per heavy atom. The lowest BCUT2D eigenvalue weighted by atomic mass is 9.99. The molecule has 20 heavy (non-hydrogen) atoms. The van der Waals surface area contributed by atoms with Gasteiger partial charge in [0, 0.05) is 22.6 Å². The number of hydrogen-bond donors (Lipinski definition) is 0. The molecule has 0 spiro atoms. The fourth-order valence-electron chi connectivity index (χ4n) is 2.86. The fraction of sp³-hybridized carbons (Fsp3) is 0.294. The Bertz CT molecular complexity index is 585. The van der Waals surface area contributed by atoms with Gasteiger partial charge in [-0.3, -0.25) is 4.90 Å². The van der Waals surface area contributed by atoms with Gasteiger partial charge in [0.25, 0.3) is 0 Å². The van der Waals surface area contributed by atoms with Crippen LogP contribution >= 0.6 is 27.5 Å². The summed E-state index contributed by atoms with van der Waals surface area (Å²) in [5.74, 6) is 0.658. The summed E-state index contributed by atoms with van der Waals surface area (Å²) in [4.78, 5) is 2.49. The van der Waals surface area contributed by atoms with Gasteiger partial charge in [-0.15, -0.1) is 0 Å². The predicted octanol–water partition coefficient (Wildman–Crippen LogP) is 5.09. The molecule has 1 atom stereocenters. The molecule has 1 saturated heterocycles. The number of hydrogen-bond acceptors (Lipinski definition) is 1. The molecule has 1 unspecified atom stereocenters. The van der Waals surface area contributed by atoms with Crippen molar-refractivity contribution in [1.82, 2.24) is 4.90 Å². The van der Waals surface area contributed by atoms with Gasteiger partial charge in [0.2, 0.25) is 0 Å². The Labute approximate surface area is 133 Å². The molecule has 1 nitrogen and oxygen atoms in total. The van der Waals surface area contributed by atoms with E-state index in [0.29, 0.717) is 5.92 Å². The van der Waals surface area contributed by atoms with Gasteiger partial charge in [-0.05, 0) is 42.1 Å². The molecule has 3 heteroatoms. The minimum absolute atomic E-state index is 0.658. The van der Waals surface area contributed by atoms with E-state index in [1.54, 1.807) is 0 Å². The van der Waals surface area contributed by atoms with Crippen molar-refractivity contribution in [3.8, 4) is 0 Å². The third kappa shape index (κ3) is 3.25. The highest BCUT2D eigenvalue weighted by molar-refractivity contribution is 9.10. The first kappa shape index (κ1) is 14.1. The summed E-state index contributed by atoms with van der Waals surface area (Å²) < 4.78 is 1.04. The van der Waals surface area contributed by atoms with Crippen molar-refractivity contribution in [3.63, 3.8) is 0 Å². The monoisotopic (exact) mass is 349 g/mol. The molecule has 0 aromatic heterocycles. The summed E-state index contributed by atoms with van der Waals surface area (Å²) in [7, 11) is 0. The van der Waals surface area contributed by atoms with Crippen LogP contribution in [0.2, 0.25) is 5.02 Å². The van der Waals surface area contributed by atoms with Crippen LogP contribution in [0.15, 0.2) is 53.0 Å². The molecule has 1 aliphatic heterocycles. The first-order valence-corrected chi connectivity index (χ1v) is 8.11. The highest BCUT2D eigenvalue weighted by atomic mass is 79.9. The minimum atomic E-state index is 0.658. The average molecular weight is 351 g/mol. The molecule has 0 amide bonds. The quantitative estimate of drug-likeness (QED) is 0.745. The molecular weight excluding hydrogens is 334 g/mol. The Hall–Kier alpha value is -0.830. The lowest BCUT2D eigenvalue weighted by Gasteiger charge is -2.17. The first-order valence-electron chi connectivity index (χ1n) is 6.93. The van der Waals surface area contributed by atoms with Crippen molar-refractivity contribution >= 4 is 27.5 Å². The number of benzene rings is 2. The van der Waals surface area contributed by atoms with Crippen LogP contribution in [-0.4, -0.2) is 18.0 Å². The van der Waals surface area contributed by atoms with E-state index in [2.05, 4.69) is 63.3 Å². The van der Waals surface area contributed by atoms with Gasteiger partial charge in [0.05, 0.1) is 0 Å². The normalized spacial score (nSPS) is 19.4. The first-order chi connectivity index (χ1) is 9.72. The van der Waals surface area contributed by atoms with Gasteiger partial charge in [-0.2, -0.15) is 0 Å². The van der Waals surface area contributed by atoms with Crippen LogP contribution in [-0.2, 0) is 6.54 Å². The Morgan fingerprint density at radius 1 is 1.15 bits per heavy atom. The molecule has 3 rings (SSSR count). The highest BCUT2D eigenvalue weighted by Gasteiger charge is 2.23. The number of likely N-dealkylation sites (tertiary alicyclic amines) is 1. The number of rotatable bonds is 3. The molecule has 0 N–H and O–H groups in total. The standard InChI is InChI=1S/C17H17BrClN/c18-16-7-6-15(17(19)10-16)12-20-9-8-14(11-20)13-4-2-1-3-5-13/h1-7,10,14H,8-9,11-12H2. The van der Waals surface area contributed by atoms with Gasteiger partial charge < -0.3 is 0 Å². The van der Waals surface area contributed by atoms with Crippen molar-refractivity contribution in [3.05, 3.63) is 69.2 Å². The zero-order valence-corrected chi connectivity index (χ0v) is 13.6. The smallest absolute Gasteiger partial charge is 0.0462 e. The van der Waals surface area contributed by atoms with Crippen LogP contribution < -0.4 is 0 Å². The Balaban J connectivity index is 1.66. The SMILES string of the molecule is Clc1cc(Br)ccc1CN1CCC(c2ccccc2)C1. The second-order valence-electron chi connectivity index (χ2n) is 5.37. The molecule has 0 radical (unpaired) electrons. The maximum Gasteiger partial charge on any atom is 0.0462 e. The maximum absolute atomic E-state index is 6.30. The highest BCUT2D eigenvalue weighted by Crippen LogP contribution is 2.29. The van der Waals surface area contributed by atoms with Crippen LogP contribution in [0.1, 0.15) is 23.5 Å². The summed E-state index contributed by atoms with van der Waals surface area (Å²) >= 11 is 9.76. The third-order valence-electron chi connectivity index (χ3n) is 3.95. The molecular formula is C17H17BrClN. The van der Waals surface area contributed by atoms with Gasteiger partial charge >= 0.3 is 0 Å². The maximum atomic E-state index is 6.30. The summed E-state index contributed by atoms with van der Waals surface area (Å²) in [5.41, 5.74) is 2.67. The zero-order chi connectivity index (χ0) is 13.9. The van der Waals surface area contributed by atoms with E-state index in [-0.39, 0.29) is 0 Å². The minimum Gasteiger partial charge on any atom is -0.298 e. The topological polar surface area (TPSA) is 3.24 Å². The molecule has 2 aromatic rings. The summed E-state index contributed by atoms with van der Waals surface area (Å²) in [6.45, 7) is 3.21. The zero-order valence-electron chi connectivity index (χ0n) is 11.2. The van der Waals surface area contributed by atoms with Crippen molar-refractivity contribution in [2.75, 3.05) is 13.1 Å². The van der Waals surface area contributed by atoms with E-state index in [1.807, 2.05) is 6.07 Å². The van der Waals surface area contributed by atoms with Gasteiger partial charge in [-0.25, -0.2) is 0 Å². The molecule has 2 aromatic carbocycles. The summed E-state index contributed by atoms with van der Waals surface area (Å²) in [6, 6.07) is 17.0. The second kappa shape index (κ2) is 6.30. The molecule has 1 aliphatic rings. The van der Waals surface area contributed by atoms with Crippen molar-refractivity contribution < 1.29 is 0 Å². The van der Waals surface area contributed by atoms with E-state index >= 15 is 0 Å². The molecule has 1 heterocycles. The summed E-state index contributed by atoms with van der Waals surface area (Å²) in [6.07, 6.45) is 1.23. The van der Waals surface area contributed by atoms with Crippen LogP contribution in [0.3, 0.4) is 0 Å². The third-order valence-corrected chi connectivity index (χ3v) is 4.80. The molecule has 104 valence electrons. The van der Waals surface area contributed by atoms with E-state index in [9.17, 15) is 0 Å². The van der Waals surface area contributed by atoms with Crippen molar-refractivity contribution in [1.29, 1.82) is 0 Å². The lowest BCUT2D eigenvalue weighted by molar-refractivity contribution is 0.327. The van der Waals surface area contributed by atoms with Crippen molar-refractivity contribution in [2.24, 2.45) is 0 Å². The second-order valence-corrected chi connectivity index (χ2v) is 6.69. The molecule has 1 fully saturated rings. The average Bonchev–Trinajstić information content (AvgIpc) is 2.92. The van der Waals surface area contributed by atoms with Crippen LogP contribution in [0, 0.1) is 0 Å². The van der Waals surface area contributed by atoms with Gasteiger partial charge in [-0.1, -0.05) is 63.9 Å². The molecule has 0 aliphatic carbocycles. The largest absolute Gasteiger partial charge is 0.298 e. The van der Waals surface area contributed by atoms with Gasteiger partial charge in [0.15, 0.2) is 0 Å². The Kier molecular flexibility index (Phi) is 4.45. The lowest BCUT2D eigenvalue weighted by Crippen LogP contribution is -2.19. The van der Waals surface area contributed by atoms with Crippen LogP contribution in [0.5, 0.6) is 0 Å². The van der Waals surface area contributed by atoms with E-state index in [1.165, 1.54) is 17.5 Å². The van der Waals surface area contributed by atoms with E-state index < -0.39 is 0 Å². The summed E-state index contributed by atoms with van der Waals surface area (Å²) in [5, 5.41) is 0.850.